The molecule has 0 unspecified atom stereocenters. The Kier molecular flexibility index (Phi) is 4.08. The third-order valence-corrected chi connectivity index (χ3v) is 2.84. The first kappa shape index (κ1) is 13.5. The molecular formula is C10H18N4O3. The Hall–Kier alpha value is -1.60. The molecule has 0 spiro atoms. The predicted octanol–water partition coefficient (Wildman–Crippen LogP) is -1.13. The van der Waals surface area contributed by atoms with Crippen LogP contribution in [0.4, 0.5) is 5.69 Å². The van der Waals surface area contributed by atoms with Crippen molar-refractivity contribution >= 4 is 11.6 Å². The second-order valence-corrected chi connectivity index (χ2v) is 3.98. The average molecular weight is 242 g/mol. The molecule has 5 N–H and O–H groups in total. The van der Waals surface area contributed by atoms with Crippen LogP contribution in [-0.2, 0) is 7.05 Å². The number of aliphatic hydroxyl groups is 2. The van der Waals surface area contributed by atoms with Crippen LogP contribution in [0.15, 0.2) is 6.20 Å². The number of carbonyl (C=O) groups is 1. The summed E-state index contributed by atoms with van der Waals surface area (Å²) < 4.78 is 1.35. The quantitative estimate of drug-likeness (QED) is 0.521. The van der Waals surface area contributed by atoms with Gasteiger partial charge in [-0.3, -0.25) is 9.48 Å². The fraction of sp³-hybridized carbons (Fsp3) is 0.600. The number of amides is 1. The number of carbonyl (C=O) groups excluding carboxylic acids is 1. The fourth-order valence-corrected chi connectivity index (χ4v) is 1.47. The van der Waals surface area contributed by atoms with Gasteiger partial charge in [-0.15, -0.1) is 0 Å². The minimum absolute atomic E-state index is 0.213. The largest absolute Gasteiger partial charge is 0.396 e. The average Bonchev–Trinajstić information content (AvgIpc) is 2.66. The van der Waals surface area contributed by atoms with Gasteiger partial charge in [0, 0.05) is 7.05 Å². The van der Waals surface area contributed by atoms with Gasteiger partial charge >= 0.3 is 0 Å². The lowest BCUT2D eigenvalue weighted by Gasteiger charge is -2.29. The molecule has 0 aliphatic rings. The molecule has 7 heteroatoms. The Morgan fingerprint density at radius 2 is 2.18 bits per heavy atom. The number of nitrogens with two attached hydrogens (primary N) is 1. The predicted molar refractivity (Wildman–Crippen MR) is 62.3 cm³/mol. The summed E-state index contributed by atoms with van der Waals surface area (Å²) in [5.74, 6) is -0.465. The van der Waals surface area contributed by atoms with E-state index in [9.17, 15) is 15.0 Å². The molecule has 1 aromatic rings. The first-order valence-electron chi connectivity index (χ1n) is 5.31. The van der Waals surface area contributed by atoms with E-state index in [2.05, 4.69) is 10.4 Å². The molecule has 17 heavy (non-hydrogen) atoms. The monoisotopic (exact) mass is 242 g/mol. The minimum atomic E-state index is -1.03. The van der Waals surface area contributed by atoms with E-state index in [-0.39, 0.29) is 24.6 Å². The summed E-state index contributed by atoms with van der Waals surface area (Å²) in [5.41, 5.74) is 5.05. The topological polar surface area (TPSA) is 113 Å². The second-order valence-electron chi connectivity index (χ2n) is 3.98. The van der Waals surface area contributed by atoms with Gasteiger partial charge in [0.1, 0.15) is 5.69 Å². The van der Waals surface area contributed by atoms with Crippen molar-refractivity contribution in [3.63, 3.8) is 0 Å². The standard InChI is InChI=1S/C10H18N4O3/c1-3-10(5-15,6-16)13-9(17)8-7(11)4-12-14(8)2/h4,15-16H,3,5-6,11H2,1-2H3,(H,13,17). The highest BCUT2D eigenvalue weighted by atomic mass is 16.3. The summed E-state index contributed by atoms with van der Waals surface area (Å²) in [4.78, 5) is 12.0. The molecule has 1 heterocycles. The first-order valence-corrected chi connectivity index (χ1v) is 5.31. The summed E-state index contributed by atoms with van der Waals surface area (Å²) in [6.45, 7) is 1.08. The highest BCUT2D eigenvalue weighted by Gasteiger charge is 2.30. The molecule has 1 rings (SSSR count). The van der Waals surface area contributed by atoms with Crippen LogP contribution in [0.5, 0.6) is 0 Å². The maximum absolute atomic E-state index is 12.0. The van der Waals surface area contributed by atoms with Crippen molar-refractivity contribution in [3.05, 3.63) is 11.9 Å². The zero-order valence-corrected chi connectivity index (χ0v) is 9.97. The van der Waals surface area contributed by atoms with Gasteiger partial charge in [0.05, 0.1) is 30.6 Å². The van der Waals surface area contributed by atoms with E-state index >= 15 is 0 Å². The van der Waals surface area contributed by atoms with Crippen molar-refractivity contribution in [2.24, 2.45) is 7.05 Å². The molecule has 1 aromatic heterocycles. The Labute approximate surface area is 99.2 Å². The SMILES string of the molecule is CCC(CO)(CO)NC(=O)c1c(N)cnn1C. The molecule has 0 aliphatic carbocycles. The van der Waals surface area contributed by atoms with E-state index in [1.165, 1.54) is 10.9 Å². The van der Waals surface area contributed by atoms with Gasteiger partial charge in [-0.1, -0.05) is 6.92 Å². The molecule has 0 radical (unpaired) electrons. The smallest absolute Gasteiger partial charge is 0.272 e. The van der Waals surface area contributed by atoms with Gasteiger partial charge in [0.2, 0.25) is 0 Å². The maximum Gasteiger partial charge on any atom is 0.272 e. The highest BCUT2D eigenvalue weighted by molar-refractivity contribution is 5.97. The number of hydrogen-bond acceptors (Lipinski definition) is 5. The Balaban J connectivity index is 2.92. The van der Waals surface area contributed by atoms with E-state index in [1.807, 2.05) is 0 Å². The molecule has 0 bridgehead atoms. The number of nitrogens with zero attached hydrogens (tertiary/aromatic N) is 2. The molecule has 0 saturated heterocycles. The van der Waals surface area contributed by atoms with Crippen LogP contribution in [-0.4, -0.2) is 44.7 Å². The van der Waals surface area contributed by atoms with Crippen LogP contribution in [0.1, 0.15) is 23.8 Å². The summed E-state index contributed by atoms with van der Waals surface area (Å²) in [7, 11) is 1.59. The minimum Gasteiger partial charge on any atom is -0.396 e. The third-order valence-electron chi connectivity index (χ3n) is 2.84. The van der Waals surface area contributed by atoms with Crippen LogP contribution in [0.2, 0.25) is 0 Å². The lowest BCUT2D eigenvalue weighted by molar-refractivity contribution is 0.0646. The lowest BCUT2D eigenvalue weighted by atomic mass is 9.98. The van der Waals surface area contributed by atoms with E-state index in [0.29, 0.717) is 6.42 Å². The van der Waals surface area contributed by atoms with Crippen LogP contribution in [0.3, 0.4) is 0 Å². The van der Waals surface area contributed by atoms with Crippen LogP contribution in [0, 0.1) is 0 Å². The molecule has 0 fully saturated rings. The van der Waals surface area contributed by atoms with E-state index in [1.54, 1.807) is 14.0 Å². The summed E-state index contributed by atoms with van der Waals surface area (Å²) in [6, 6.07) is 0. The summed E-state index contributed by atoms with van der Waals surface area (Å²) in [5, 5.41) is 24.9. The number of anilines is 1. The zero-order valence-electron chi connectivity index (χ0n) is 9.97. The van der Waals surface area contributed by atoms with Gasteiger partial charge in [-0.25, -0.2) is 0 Å². The van der Waals surface area contributed by atoms with Gasteiger partial charge in [-0.05, 0) is 6.42 Å². The Bertz CT molecular complexity index is 370. The zero-order chi connectivity index (χ0) is 13.1. The summed E-state index contributed by atoms with van der Waals surface area (Å²) >= 11 is 0. The highest BCUT2D eigenvalue weighted by Crippen LogP contribution is 2.13. The van der Waals surface area contributed by atoms with Crippen molar-refractivity contribution in [1.82, 2.24) is 15.1 Å². The molecule has 0 saturated carbocycles. The van der Waals surface area contributed by atoms with Gasteiger partial charge in [0.25, 0.3) is 5.91 Å². The molecule has 0 atom stereocenters. The third kappa shape index (κ3) is 2.56. The number of hydrogen-bond donors (Lipinski definition) is 4. The first-order chi connectivity index (χ1) is 7.99. The number of nitrogens with one attached hydrogen (secondary N) is 1. The van der Waals surface area contributed by atoms with Crippen molar-refractivity contribution in [2.45, 2.75) is 18.9 Å². The fourth-order valence-electron chi connectivity index (χ4n) is 1.47. The molecular weight excluding hydrogens is 224 g/mol. The van der Waals surface area contributed by atoms with E-state index in [0.717, 1.165) is 0 Å². The molecule has 0 aromatic carbocycles. The maximum atomic E-state index is 12.0. The van der Waals surface area contributed by atoms with Crippen molar-refractivity contribution in [1.29, 1.82) is 0 Å². The van der Waals surface area contributed by atoms with E-state index in [4.69, 9.17) is 5.73 Å². The molecule has 1 amide bonds. The van der Waals surface area contributed by atoms with Crippen LogP contribution in [0.25, 0.3) is 0 Å². The van der Waals surface area contributed by atoms with Crippen LogP contribution < -0.4 is 11.1 Å². The summed E-state index contributed by atoms with van der Waals surface area (Å²) in [6.07, 6.45) is 1.78. The van der Waals surface area contributed by atoms with E-state index < -0.39 is 11.4 Å². The number of aromatic nitrogens is 2. The lowest BCUT2D eigenvalue weighted by Crippen LogP contribution is -2.54. The van der Waals surface area contributed by atoms with Crippen LogP contribution >= 0.6 is 0 Å². The Morgan fingerprint density at radius 3 is 2.53 bits per heavy atom. The number of aryl methyl sites for hydroxylation is 1. The number of nitrogen functional groups attached to an aromatic ring is 1. The molecule has 7 nitrogen and oxygen atoms in total. The van der Waals surface area contributed by atoms with Gasteiger partial charge in [0.15, 0.2) is 0 Å². The molecule has 96 valence electrons. The normalized spacial score (nSPS) is 11.5. The van der Waals surface area contributed by atoms with Crippen molar-refractivity contribution in [3.8, 4) is 0 Å². The number of rotatable bonds is 5. The Morgan fingerprint density at radius 1 is 1.59 bits per heavy atom. The number of aliphatic hydroxyl groups excluding tert-OH is 2. The van der Waals surface area contributed by atoms with Crippen molar-refractivity contribution in [2.75, 3.05) is 18.9 Å². The van der Waals surface area contributed by atoms with Crippen molar-refractivity contribution < 1.29 is 15.0 Å². The van der Waals surface area contributed by atoms with Gasteiger partial charge in [-0.2, -0.15) is 5.10 Å². The molecule has 0 aliphatic heterocycles. The van der Waals surface area contributed by atoms with Gasteiger partial charge < -0.3 is 21.3 Å². The second kappa shape index (κ2) is 5.15.